The van der Waals surface area contributed by atoms with Gasteiger partial charge in [-0.2, -0.15) is 0 Å². The molecule has 1 amide bonds. The Morgan fingerprint density at radius 2 is 2.35 bits per heavy atom. The Balaban J connectivity index is 2.32. The summed E-state index contributed by atoms with van der Waals surface area (Å²) < 4.78 is 5.36. The molecule has 0 spiro atoms. The number of amides is 1. The Hall–Kier alpha value is -1.24. The van der Waals surface area contributed by atoms with E-state index in [1.54, 1.807) is 4.90 Å². The number of hydrogen-bond donors (Lipinski definition) is 2. The molecular weight excluding hydrogens is 303 g/mol. The van der Waals surface area contributed by atoms with Gasteiger partial charge in [0.25, 0.3) is 0 Å². The van der Waals surface area contributed by atoms with Crippen molar-refractivity contribution < 1.29 is 9.53 Å². The highest BCUT2D eigenvalue weighted by atomic mass is 35.5. The summed E-state index contributed by atoms with van der Waals surface area (Å²) in [7, 11) is 0. The van der Waals surface area contributed by atoms with Gasteiger partial charge in [0.1, 0.15) is 11.9 Å². The van der Waals surface area contributed by atoms with Crippen molar-refractivity contribution in [2.24, 2.45) is 0 Å². The molecule has 8 heteroatoms. The molecular formula is C12H16Cl2N4O2. The number of nitrogens with zero attached hydrogens (tertiary/aromatic N) is 2. The molecule has 1 aromatic rings. The van der Waals surface area contributed by atoms with Crippen molar-refractivity contribution in [2.75, 3.05) is 36.9 Å². The quantitative estimate of drug-likeness (QED) is 0.878. The molecule has 0 bridgehead atoms. The van der Waals surface area contributed by atoms with Crippen molar-refractivity contribution in [3.63, 3.8) is 0 Å². The number of carbonyl (C=O) groups is 1. The van der Waals surface area contributed by atoms with Gasteiger partial charge < -0.3 is 20.7 Å². The summed E-state index contributed by atoms with van der Waals surface area (Å²) in [6.07, 6.45) is 0. The van der Waals surface area contributed by atoms with Crippen molar-refractivity contribution in [2.45, 2.75) is 13.0 Å². The Morgan fingerprint density at radius 3 is 3.05 bits per heavy atom. The van der Waals surface area contributed by atoms with Gasteiger partial charge in [0.15, 0.2) is 5.82 Å². The second kappa shape index (κ2) is 6.47. The van der Waals surface area contributed by atoms with Crippen LogP contribution in [-0.2, 0) is 9.53 Å². The predicted octanol–water partition coefficient (Wildman–Crippen LogP) is 1.31. The summed E-state index contributed by atoms with van der Waals surface area (Å²) in [5.41, 5.74) is 5.72. The summed E-state index contributed by atoms with van der Waals surface area (Å²) in [6, 6.07) is 1.06. The second-order valence-electron chi connectivity index (χ2n) is 4.34. The Morgan fingerprint density at radius 1 is 1.60 bits per heavy atom. The monoisotopic (exact) mass is 318 g/mol. The highest BCUT2D eigenvalue weighted by molar-refractivity contribution is 6.37. The van der Waals surface area contributed by atoms with Crippen LogP contribution in [0.2, 0.25) is 10.0 Å². The van der Waals surface area contributed by atoms with Crippen molar-refractivity contribution in [1.82, 2.24) is 10.3 Å². The van der Waals surface area contributed by atoms with Crippen LogP contribution in [0.3, 0.4) is 0 Å². The zero-order valence-electron chi connectivity index (χ0n) is 11.0. The van der Waals surface area contributed by atoms with Crippen LogP contribution in [-0.4, -0.2) is 43.2 Å². The SMILES string of the molecule is CCNC(=O)C1COCCN1c1nc(N)c(Cl)cc1Cl. The maximum absolute atomic E-state index is 12.1. The smallest absolute Gasteiger partial charge is 0.245 e. The molecule has 1 atom stereocenters. The maximum Gasteiger partial charge on any atom is 0.245 e. The van der Waals surface area contributed by atoms with E-state index in [9.17, 15) is 4.79 Å². The Labute approximate surface area is 127 Å². The summed E-state index contributed by atoms with van der Waals surface area (Å²) in [4.78, 5) is 18.1. The lowest BCUT2D eigenvalue weighted by Crippen LogP contribution is -2.54. The molecule has 2 rings (SSSR count). The lowest BCUT2D eigenvalue weighted by Gasteiger charge is -2.35. The van der Waals surface area contributed by atoms with E-state index < -0.39 is 6.04 Å². The lowest BCUT2D eigenvalue weighted by atomic mass is 10.2. The summed E-state index contributed by atoms with van der Waals surface area (Å²) in [5, 5.41) is 3.43. The predicted molar refractivity (Wildman–Crippen MR) is 79.3 cm³/mol. The van der Waals surface area contributed by atoms with E-state index in [2.05, 4.69) is 10.3 Å². The normalized spacial score (nSPS) is 18.9. The highest BCUT2D eigenvalue weighted by Gasteiger charge is 2.31. The van der Waals surface area contributed by atoms with Crippen LogP contribution in [0.25, 0.3) is 0 Å². The highest BCUT2D eigenvalue weighted by Crippen LogP contribution is 2.31. The van der Waals surface area contributed by atoms with Crippen LogP contribution in [0.15, 0.2) is 6.07 Å². The maximum atomic E-state index is 12.1. The van der Waals surface area contributed by atoms with E-state index in [0.717, 1.165) is 0 Å². The zero-order valence-corrected chi connectivity index (χ0v) is 12.5. The minimum atomic E-state index is -0.478. The number of ether oxygens (including phenoxy) is 1. The largest absolute Gasteiger partial charge is 0.382 e. The van der Waals surface area contributed by atoms with Gasteiger partial charge in [0, 0.05) is 13.1 Å². The average Bonchev–Trinajstić information content (AvgIpc) is 2.43. The first-order chi connectivity index (χ1) is 9.54. The first-order valence-electron chi connectivity index (χ1n) is 6.28. The molecule has 6 nitrogen and oxygen atoms in total. The van der Waals surface area contributed by atoms with Gasteiger partial charge >= 0.3 is 0 Å². The number of nitrogen functional groups attached to an aromatic ring is 1. The molecule has 0 radical (unpaired) electrons. The van der Waals surface area contributed by atoms with E-state index in [-0.39, 0.29) is 18.3 Å². The summed E-state index contributed by atoms with van der Waals surface area (Å²) >= 11 is 12.0. The van der Waals surface area contributed by atoms with Crippen molar-refractivity contribution in [3.8, 4) is 0 Å². The number of rotatable bonds is 3. The molecule has 1 fully saturated rings. The van der Waals surface area contributed by atoms with E-state index in [1.807, 2.05) is 6.92 Å². The molecule has 2 heterocycles. The van der Waals surface area contributed by atoms with Crippen molar-refractivity contribution in [1.29, 1.82) is 0 Å². The standard InChI is InChI=1S/C12H16Cl2N4O2/c1-2-16-12(19)9-6-20-4-3-18(9)11-8(14)5-7(13)10(15)17-11/h5,9H,2-4,6H2,1H3,(H2,15,17)(H,16,19). The fourth-order valence-electron chi connectivity index (χ4n) is 2.04. The number of halogens is 2. The fourth-order valence-corrected chi connectivity index (χ4v) is 2.51. The molecule has 0 saturated carbocycles. The van der Waals surface area contributed by atoms with E-state index in [1.165, 1.54) is 6.07 Å². The number of carbonyl (C=O) groups excluding carboxylic acids is 1. The second-order valence-corrected chi connectivity index (χ2v) is 5.15. The third-order valence-corrected chi connectivity index (χ3v) is 3.57. The van der Waals surface area contributed by atoms with Crippen LogP contribution in [0.5, 0.6) is 0 Å². The number of pyridine rings is 1. The zero-order chi connectivity index (χ0) is 14.7. The molecule has 1 aliphatic heterocycles. The molecule has 3 N–H and O–H groups in total. The molecule has 20 heavy (non-hydrogen) atoms. The van der Waals surface area contributed by atoms with E-state index >= 15 is 0 Å². The van der Waals surface area contributed by atoms with Gasteiger partial charge in [0.05, 0.1) is 23.3 Å². The average molecular weight is 319 g/mol. The van der Waals surface area contributed by atoms with E-state index in [4.69, 9.17) is 33.7 Å². The minimum Gasteiger partial charge on any atom is -0.382 e. The Kier molecular flexibility index (Phi) is 4.91. The van der Waals surface area contributed by atoms with Crippen molar-refractivity contribution >= 4 is 40.7 Å². The molecule has 1 saturated heterocycles. The van der Waals surface area contributed by atoms with Gasteiger partial charge in [-0.1, -0.05) is 23.2 Å². The van der Waals surface area contributed by atoms with Crippen molar-refractivity contribution in [3.05, 3.63) is 16.1 Å². The molecule has 110 valence electrons. The third-order valence-electron chi connectivity index (χ3n) is 2.99. The number of nitrogens with two attached hydrogens (primary N) is 1. The van der Waals surface area contributed by atoms with Crippen LogP contribution < -0.4 is 16.0 Å². The molecule has 1 unspecified atom stereocenters. The van der Waals surface area contributed by atoms with Crippen LogP contribution in [0.1, 0.15) is 6.92 Å². The number of hydrogen-bond acceptors (Lipinski definition) is 5. The minimum absolute atomic E-state index is 0.126. The van der Waals surface area contributed by atoms with Crippen LogP contribution in [0, 0.1) is 0 Å². The molecule has 0 aliphatic carbocycles. The lowest BCUT2D eigenvalue weighted by molar-refractivity contribution is -0.124. The topological polar surface area (TPSA) is 80.5 Å². The number of anilines is 2. The van der Waals surface area contributed by atoms with Gasteiger partial charge in [-0.05, 0) is 13.0 Å². The molecule has 1 aliphatic rings. The molecule has 0 aromatic carbocycles. The van der Waals surface area contributed by atoms with Gasteiger partial charge in [-0.25, -0.2) is 4.98 Å². The summed E-state index contributed by atoms with van der Waals surface area (Å²) in [5.74, 6) is 0.513. The third kappa shape index (κ3) is 3.08. The van der Waals surface area contributed by atoms with Crippen LogP contribution in [0.4, 0.5) is 11.6 Å². The van der Waals surface area contributed by atoms with Gasteiger partial charge in [0.2, 0.25) is 5.91 Å². The molecule has 1 aromatic heterocycles. The first kappa shape index (κ1) is 15.2. The number of nitrogens with one attached hydrogen (secondary N) is 1. The number of likely N-dealkylation sites (N-methyl/N-ethyl adjacent to an activating group) is 1. The van der Waals surface area contributed by atoms with Gasteiger partial charge in [-0.15, -0.1) is 0 Å². The Bertz CT molecular complexity index is 512. The summed E-state index contributed by atoms with van der Waals surface area (Å²) in [6.45, 7) is 3.70. The number of aromatic nitrogens is 1. The van der Waals surface area contributed by atoms with Gasteiger partial charge in [-0.3, -0.25) is 4.79 Å². The van der Waals surface area contributed by atoms with Crippen LogP contribution >= 0.6 is 23.2 Å². The first-order valence-corrected chi connectivity index (χ1v) is 7.03. The number of morpholine rings is 1. The van der Waals surface area contributed by atoms with E-state index in [0.29, 0.717) is 35.6 Å². The fraction of sp³-hybridized carbons (Fsp3) is 0.500.